The molecule has 4 heteroatoms. The number of nitrogens with two attached hydrogens (primary N) is 1. The monoisotopic (exact) mass is 288 g/mol. The van der Waals surface area contributed by atoms with Crippen molar-refractivity contribution in [3.63, 3.8) is 0 Å². The Balaban J connectivity index is 1.86. The van der Waals surface area contributed by atoms with E-state index in [-0.39, 0.29) is 0 Å². The maximum Gasteiger partial charge on any atom is 0.128 e. The number of hydrogen-bond acceptors (Lipinski definition) is 4. The Morgan fingerprint density at radius 3 is 2.57 bits per heavy atom. The average molecular weight is 288 g/mol. The van der Waals surface area contributed by atoms with Crippen molar-refractivity contribution in [1.82, 2.24) is 4.90 Å². The number of fused-ring (bicyclic) bond motifs is 2. The quantitative estimate of drug-likeness (QED) is 0.902. The zero-order valence-corrected chi connectivity index (χ0v) is 12.9. The van der Waals surface area contributed by atoms with Crippen molar-refractivity contribution < 1.29 is 9.47 Å². The molecule has 0 spiro atoms. The fraction of sp³-hybridized carbons (Fsp3) is 0.647. The maximum atomic E-state index is 6.05. The average Bonchev–Trinajstić information content (AvgIpc) is 3.19. The van der Waals surface area contributed by atoms with Crippen molar-refractivity contribution in [3.8, 4) is 11.5 Å². The molecule has 1 saturated heterocycles. The van der Waals surface area contributed by atoms with E-state index in [1.165, 1.54) is 22.3 Å². The lowest BCUT2D eigenvalue weighted by molar-refractivity contribution is 0.296. The minimum absolute atomic E-state index is 0.432. The van der Waals surface area contributed by atoms with Gasteiger partial charge in [-0.05, 0) is 38.4 Å². The molecule has 2 unspecified atom stereocenters. The Labute approximate surface area is 126 Å². The Morgan fingerprint density at radius 1 is 1.14 bits per heavy atom. The zero-order valence-electron chi connectivity index (χ0n) is 12.9. The first-order valence-electron chi connectivity index (χ1n) is 8.04. The van der Waals surface area contributed by atoms with Crippen LogP contribution in [0.2, 0.25) is 0 Å². The van der Waals surface area contributed by atoms with E-state index >= 15 is 0 Å². The van der Waals surface area contributed by atoms with Gasteiger partial charge >= 0.3 is 0 Å². The molecule has 1 aromatic rings. The summed E-state index contributed by atoms with van der Waals surface area (Å²) in [6, 6.07) is 0.432. The molecule has 0 aliphatic carbocycles. The molecule has 2 atom stereocenters. The molecular formula is C17H24N2O2. The maximum absolute atomic E-state index is 6.05. The van der Waals surface area contributed by atoms with E-state index in [1.807, 2.05) is 0 Å². The summed E-state index contributed by atoms with van der Waals surface area (Å²) < 4.78 is 12.0. The second-order valence-corrected chi connectivity index (χ2v) is 6.64. The number of nitrogens with zero attached hydrogens (tertiary/aromatic N) is 1. The summed E-state index contributed by atoms with van der Waals surface area (Å²) in [6.45, 7) is 5.65. The Bertz CT molecular complexity index is 550. The SMILES string of the molecule is Cc1c2c(c(C3CC(CN)CN3C)c3c1OCC3)OCC2. The second-order valence-electron chi connectivity index (χ2n) is 6.64. The molecule has 3 heterocycles. The van der Waals surface area contributed by atoms with Crippen LogP contribution in [0.3, 0.4) is 0 Å². The Hall–Kier alpha value is -1.26. The van der Waals surface area contributed by atoms with E-state index in [2.05, 4.69) is 18.9 Å². The summed E-state index contributed by atoms with van der Waals surface area (Å²) in [5.74, 6) is 2.89. The molecule has 4 nitrogen and oxygen atoms in total. The number of benzene rings is 1. The topological polar surface area (TPSA) is 47.7 Å². The van der Waals surface area contributed by atoms with Gasteiger partial charge in [-0.2, -0.15) is 0 Å². The van der Waals surface area contributed by atoms with Crippen LogP contribution >= 0.6 is 0 Å². The van der Waals surface area contributed by atoms with Crippen LogP contribution < -0.4 is 15.2 Å². The summed E-state index contributed by atoms with van der Waals surface area (Å²) in [4.78, 5) is 2.45. The first-order valence-corrected chi connectivity index (χ1v) is 8.04. The highest BCUT2D eigenvalue weighted by Crippen LogP contribution is 2.50. The van der Waals surface area contributed by atoms with E-state index in [0.29, 0.717) is 12.0 Å². The highest BCUT2D eigenvalue weighted by atomic mass is 16.5. The Morgan fingerprint density at radius 2 is 1.86 bits per heavy atom. The van der Waals surface area contributed by atoms with Crippen molar-refractivity contribution in [2.75, 3.05) is 33.4 Å². The molecular weight excluding hydrogens is 264 g/mol. The predicted octanol–water partition coefficient (Wildman–Crippen LogP) is 1.82. The van der Waals surface area contributed by atoms with E-state index in [4.69, 9.17) is 15.2 Å². The smallest absolute Gasteiger partial charge is 0.128 e. The molecule has 21 heavy (non-hydrogen) atoms. The third-order valence-electron chi connectivity index (χ3n) is 5.41. The molecule has 0 bridgehead atoms. The van der Waals surface area contributed by atoms with E-state index in [1.54, 1.807) is 0 Å². The number of ether oxygens (including phenoxy) is 2. The molecule has 4 rings (SSSR count). The van der Waals surface area contributed by atoms with Crippen molar-refractivity contribution in [2.45, 2.75) is 32.2 Å². The van der Waals surface area contributed by atoms with Gasteiger partial charge in [0.05, 0.1) is 13.2 Å². The first-order chi connectivity index (χ1) is 10.2. The minimum Gasteiger partial charge on any atom is -0.493 e. The molecule has 114 valence electrons. The summed E-state index contributed by atoms with van der Waals surface area (Å²) in [7, 11) is 2.21. The van der Waals surface area contributed by atoms with Crippen LogP contribution in [0.25, 0.3) is 0 Å². The van der Waals surface area contributed by atoms with Crippen molar-refractivity contribution in [2.24, 2.45) is 11.7 Å². The Kier molecular flexibility index (Phi) is 3.12. The molecule has 3 aliphatic rings. The van der Waals surface area contributed by atoms with Gasteiger partial charge in [-0.1, -0.05) is 0 Å². The third kappa shape index (κ3) is 1.89. The van der Waals surface area contributed by atoms with Gasteiger partial charge in [-0.25, -0.2) is 0 Å². The lowest BCUT2D eigenvalue weighted by Crippen LogP contribution is -2.21. The van der Waals surface area contributed by atoms with Crippen LogP contribution in [-0.4, -0.2) is 38.3 Å². The van der Waals surface area contributed by atoms with Gasteiger partial charge < -0.3 is 15.2 Å². The van der Waals surface area contributed by atoms with Crippen molar-refractivity contribution in [3.05, 3.63) is 22.3 Å². The van der Waals surface area contributed by atoms with Crippen LogP contribution in [0.4, 0.5) is 0 Å². The van der Waals surface area contributed by atoms with Gasteiger partial charge in [0.25, 0.3) is 0 Å². The van der Waals surface area contributed by atoms with E-state index in [0.717, 1.165) is 57.1 Å². The lowest BCUT2D eigenvalue weighted by Gasteiger charge is -2.25. The van der Waals surface area contributed by atoms with Gasteiger partial charge in [-0.3, -0.25) is 4.90 Å². The van der Waals surface area contributed by atoms with Crippen LogP contribution in [0.1, 0.15) is 34.7 Å². The van der Waals surface area contributed by atoms with Gasteiger partial charge in [0.2, 0.25) is 0 Å². The molecule has 2 N–H and O–H groups in total. The van der Waals surface area contributed by atoms with Crippen LogP contribution in [0, 0.1) is 12.8 Å². The highest BCUT2D eigenvalue weighted by molar-refractivity contribution is 5.62. The minimum atomic E-state index is 0.432. The van der Waals surface area contributed by atoms with Crippen molar-refractivity contribution in [1.29, 1.82) is 0 Å². The van der Waals surface area contributed by atoms with Crippen LogP contribution in [0.5, 0.6) is 11.5 Å². The number of likely N-dealkylation sites (tertiary alicyclic amines) is 1. The van der Waals surface area contributed by atoms with Crippen molar-refractivity contribution >= 4 is 0 Å². The third-order valence-corrected chi connectivity index (χ3v) is 5.41. The predicted molar refractivity (Wildman–Crippen MR) is 82.1 cm³/mol. The summed E-state index contributed by atoms with van der Waals surface area (Å²) >= 11 is 0. The summed E-state index contributed by atoms with van der Waals surface area (Å²) in [5, 5.41) is 0. The molecule has 0 aromatic heterocycles. The molecule has 0 amide bonds. The number of hydrogen-bond donors (Lipinski definition) is 1. The van der Waals surface area contributed by atoms with Crippen LogP contribution in [0.15, 0.2) is 0 Å². The standard InChI is InChI=1S/C17H24N2O2/c1-10-12-3-5-21-17(12)15(13-4-6-20-16(10)13)14-7-11(8-18)9-19(14)2/h11,14H,3-9,18H2,1-2H3. The zero-order chi connectivity index (χ0) is 14.6. The van der Waals surface area contributed by atoms with Gasteiger partial charge in [0.15, 0.2) is 0 Å². The highest BCUT2D eigenvalue weighted by Gasteiger charge is 2.38. The normalized spacial score (nSPS) is 27.4. The second kappa shape index (κ2) is 4.89. The van der Waals surface area contributed by atoms with E-state index < -0.39 is 0 Å². The summed E-state index contributed by atoms with van der Waals surface area (Å²) in [5.41, 5.74) is 11.4. The fourth-order valence-electron chi connectivity index (χ4n) is 4.34. The van der Waals surface area contributed by atoms with Gasteiger partial charge in [0, 0.05) is 42.1 Å². The first kappa shape index (κ1) is 13.4. The molecule has 0 radical (unpaired) electrons. The van der Waals surface area contributed by atoms with Gasteiger partial charge in [0.1, 0.15) is 11.5 Å². The molecule has 3 aliphatic heterocycles. The molecule has 1 fully saturated rings. The fourth-order valence-corrected chi connectivity index (χ4v) is 4.34. The largest absolute Gasteiger partial charge is 0.493 e. The summed E-state index contributed by atoms with van der Waals surface area (Å²) in [6.07, 6.45) is 3.17. The lowest BCUT2D eigenvalue weighted by atomic mass is 9.89. The van der Waals surface area contributed by atoms with E-state index in [9.17, 15) is 0 Å². The molecule has 0 saturated carbocycles. The number of rotatable bonds is 2. The molecule has 1 aromatic carbocycles. The van der Waals surface area contributed by atoms with Crippen LogP contribution in [-0.2, 0) is 12.8 Å². The van der Waals surface area contributed by atoms with Gasteiger partial charge in [-0.15, -0.1) is 0 Å².